The molecule has 0 fully saturated rings. The molecule has 0 aliphatic carbocycles. The molecule has 0 unspecified atom stereocenters. The van der Waals surface area contributed by atoms with E-state index >= 15 is 0 Å². The molecule has 28 heavy (non-hydrogen) atoms. The number of carbonyl (C=O) groups is 1. The summed E-state index contributed by atoms with van der Waals surface area (Å²) in [6.45, 7) is 3.57. The number of carbonyl (C=O) groups excluding carboxylic acids is 1. The fourth-order valence-electron chi connectivity index (χ4n) is 2.65. The summed E-state index contributed by atoms with van der Waals surface area (Å²) >= 11 is 7.39. The lowest BCUT2D eigenvalue weighted by Gasteiger charge is -2.14. The van der Waals surface area contributed by atoms with Gasteiger partial charge in [-0.3, -0.25) is 14.2 Å². The Morgan fingerprint density at radius 1 is 1.25 bits per heavy atom. The number of fused-ring (bicyclic) bond motifs is 1. The van der Waals surface area contributed by atoms with Crippen LogP contribution in [0.25, 0.3) is 16.6 Å². The van der Waals surface area contributed by atoms with Gasteiger partial charge in [0.15, 0.2) is 5.16 Å². The number of rotatable bonds is 6. The van der Waals surface area contributed by atoms with E-state index in [1.165, 1.54) is 11.7 Å². The van der Waals surface area contributed by atoms with E-state index in [0.29, 0.717) is 32.5 Å². The molecule has 0 aliphatic rings. The van der Waals surface area contributed by atoms with Gasteiger partial charge in [-0.2, -0.15) is 0 Å². The number of para-hydroxylation sites is 1. The van der Waals surface area contributed by atoms with Crippen LogP contribution in [0.1, 0.15) is 13.8 Å². The molecule has 2 aromatic carbocycles. The number of nitrogens with zero attached hydrogens (tertiary/aromatic N) is 2. The maximum Gasteiger partial charge on any atom is 0.316 e. The van der Waals surface area contributed by atoms with E-state index in [1.807, 2.05) is 6.07 Å². The molecule has 3 aromatic rings. The number of methoxy groups -OCH3 is 1. The first-order chi connectivity index (χ1) is 13.4. The van der Waals surface area contributed by atoms with Crippen LogP contribution in [0.15, 0.2) is 52.4 Å². The van der Waals surface area contributed by atoms with E-state index in [1.54, 1.807) is 50.2 Å². The van der Waals surface area contributed by atoms with E-state index < -0.39 is 0 Å². The zero-order valence-electron chi connectivity index (χ0n) is 15.6. The maximum atomic E-state index is 13.2. The zero-order valence-corrected chi connectivity index (χ0v) is 17.2. The van der Waals surface area contributed by atoms with E-state index in [0.717, 1.165) is 11.8 Å². The van der Waals surface area contributed by atoms with E-state index in [-0.39, 0.29) is 23.4 Å². The number of halogens is 1. The fourth-order valence-corrected chi connectivity index (χ4v) is 3.70. The van der Waals surface area contributed by atoms with Gasteiger partial charge in [-0.15, -0.1) is 0 Å². The van der Waals surface area contributed by atoms with Gasteiger partial charge in [0.1, 0.15) is 5.75 Å². The van der Waals surface area contributed by atoms with Crippen molar-refractivity contribution in [1.82, 2.24) is 9.55 Å². The van der Waals surface area contributed by atoms with Crippen LogP contribution in [0, 0.1) is 0 Å². The number of hydrogen-bond acceptors (Lipinski definition) is 6. The van der Waals surface area contributed by atoms with Crippen molar-refractivity contribution >= 4 is 40.2 Å². The zero-order chi connectivity index (χ0) is 20.3. The van der Waals surface area contributed by atoms with Crippen molar-refractivity contribution in [3.8, 4) is 11.4 Å². The average molecular weight is 419 g/mol. The molecule has 0 amide bonds. The Labute approximate surface area is 171 Å². The minimum absolute atomic E-state index is 0.0346. The third-order valence-corrected chi connectivity index (χ3v) is 5.03. The summed E-state index contributed by atoms with van der Waals surface area (Å²) < 4.78 is 11.8. The summed E-state index contributed by atoms with van der Waals surface area (Å²) in [6, 6.07) is 12.1. The molecule has 3 rings (SSSR count). The molecule has 0 atom stereocenters. The Hall–Kier alpha value is -2.51. The van der Waals surface area contributed by atoms with Crippen molar-refractivity contribution in [1.29, 1.82) is 0 Å². The van der Waals surface area contributed by atoms with Gasteiger partial charge in [0.2, 0.25) is 0 Å². The van der Waals surface area contributed by atoms with Gasteiger partial charge in [-0.05, 0) is 44.2 Å². The van der Waals surface area contributed by atoms with E-state index in [4.69, 9.17) is 21.1 Å². The van der Waals surface area contributed by atoms with E-state index in [2.05, 4.69) is 4.98 Å². The van der Waals surface area contributed by atoms with Crippen molar-refractivity contribution in [3.05, 3.63) is 57.8 Å². The summed E-state index contributed by atoms with van der Waals surface area (Å²) in [6.07, 6.45) is -0.208. The topological polar surface area (TPSA) is 70.4 Å². The lowest BCUT2D eigenvalue weighted by molar-refractivity contribution is -0.144. The molecular formula is C20H19ClN2O4S. The molecule has 1 heterocycles. The number of benzene rings is 2. The van der Waals surface area contributed by atoms with Gasteiger partial charge < -0.3 is 9.47 Å². The fraction of sp³-hybridized carbons (Fsp3) is 0.250. The van der Waals surface area contributed by atoms with Gasteiger partial charge in [0.05, 0.1) is 40.6 Å². The van der Waals surface area contributed by atoms with E-state index in [9.17, 15) is 9.59 Å². The largest absolute Gasteiger partial charge is 0.495 e. The van der Waals surface area contributed by atoms with Gasteiger partial charge in [0.25, 0.3) is 5.56 Å². The summed E-state index contributed by atoms with van der Waals surface area (Å²) in [5.74, 6) is 0.163. The highest BCUT2D eigenvalue weighted by atomic mass is 35.5. The van der Waals surface area contributed by atoms with Crippen LogP contribution in [0.4, 0.5) is 0 Å². The van der Waals surface area contributed by atoms with Crippen LogP contribution < -0.4 is 10.3 Å². The SMILES string of the molecule is COc1ccc(-n2c(SCC(=O)OC(C)C)nc3ccccc3c2=O)cc1Cl. The molecule has 0 saturated carbocycles. The van der Waals surface area contributed by atoms with Gasteiger partial charge in [-0.25, -0.2) is 4.98 Å². The minimum Gasteiger partial charge on any atom is -0.495 e. The molecule has 0 aliphatic heterocycles. The Kier molecular flexibility index (Phi) is 6.26. The molecule has 0 bridgehead atoms. The summed E-state index contributed by atoms with van der Waals surface area (Å²) in [7, 11) is 1.52. The van der Waals surface area contributed by atoms with Crippen LogP contribution in [0.3, 0.4) is 0 Å². The number of thioether (sulfide) groups is 1. The molecule has 0 radical (unpaired) electrons. The Balaban J connectivity index is 2.10. The highest BCUT2D eigenvalue weighted by Gasteiger charge is 2.16. The summed E-state index contributed by atoms with van der Waals surface area (Å²) in [5, 5.41) is 1.23. The van der Waals surface area contributed by atoms with Crippen LogP contribution in [0.5, 0.6) is 5.75 Å². The Morgan fingerprint density at radius 3 is 2.68 bits per heavy atom. The lowest BCUT2D eigenvalue weighted by Crippen LogP contribution is -2.22. The van der Waals surface area contributed by atoms with Crippen LogP contribution in [-0.2, 0) is 9.53 Å². The number of aromatic nitrogens is 2. The monoisotopic (exact) mass is 418 g/mol. The first-order valence-corrected chi connectivity index (χ1v) is 9.95. The van der Waals surface area contributed by atoms with Crippen molar-refractivity contribution in [2.24, 2.45) is 0 Å². The minimum atomic E-state index is -0.373. The standard InChI is InChI=1S/C20H19ClN2O4S/c1-12(2)27-18(24)11-28-20-22-16-7-5-4-6-14(16)19(25)23(20)13-8-9-17(26-3)15(21)10-13/h4-10,12H,11H2,1-3H3. The molecular weight excluding hydrogens is 400 g/mol. The average Bonchev–Trinajstić information content (AvgIpc) is 2.66. The van der Waals surface area contributed by atoms with Crippen LogP contribution >= 0.6 is 23.4 Å². The van der Waals surface area contributed by atoms with Crippen molar-refractivity contribution in [2.45, 2.75) is 25.1 Å². The van der Waals surface area contributed by atoms with Gasteiger partial charge in [-0.1, -0.05) is 35.5 Å². The molecule has 8 heteroatoms. The third kappa shape index (κ3) is 4.31. The van der Waals surface area contributed by atoms with Crippen molar-refractivity contribution < 1.29 is 14.3 Å². The number of hydrogen-bond donors (Lipinski definition) is 0. The molecule has 0 spiro atoms. The summed E-state index contributed by atoms with van der Waals surface area (Å²) in [4.78, 5) is 29.7. The second-order valence-corrected chi connectivity index (χ2v) is 7.55. The lowest BCUT2D eigenvalue weighted by atomic mass is 10.2. The smallest absolute Gasteiger partial charge is 0.316 e. The van der Waals surface area contributed by atoms with Crippen molar-refractivity contribution in [3.63, 3.8) is 0 Å². The van der Waals surface area contributed by atoms with Gasteiger partial charge >= 0.3 is 5.97 Å². The first kappa shape index (κ1) is 20.2. The molecule has 0 N–H and O–H groups in total. The van der Waals surface area contributed by atoms with Crippen LogP contribution in [-0.4, -0.2) is 34.5 Å². The van der Waals surface area contributed by atoms with Gasteiger partial charge in [0, 0.05) is 0 Å². The number of ether oxygens (including phenoxy) is 2. The predicted octanol–water partition coefficient (Wildman–Crippen LogP) is 4.09. The Bertz CT molecular complexity index is 1080. The predicted molar refractivity (Wildman–Crippen MR) is 111 cm³/mol. The van der Waals surface area contributed by atoms with Crippen LogP contribution in [0.2, 0.25) is 5.02 Å². The Morgan fingerprint density at radius 2 is 2.00 bits per heavy atom. The van der Waals surface area contributed by atoms with Crippen molar-refractivity contribution in [2.75, 3.05) is 12.9 Å². The number of esters is 1. The highest BCUT2D eigenvalue weighted by Crippen LogP contribution is 2.28. The molecule has 0 saturated heterocycles. The second-order valence-electron chi connectivity index (χ2n) is 6.20. The first-order valence-electron chi connectivity index (χ1n) is 8.58. The molecule has 6 nitrogen and oxygen atoms in total. The molecule has 1 aromatic heterocycles. The highest BCUT2D eigenvalue weighted by molar-refractivity contribution is 7.99. The maximum absolute atomic E-state index is 13.2. The second kappa shape index (κ2) is 8.67. The quantitative estimate of drug-likeness (QED) is 0.341. The third-order valence-electron chi connectivity index (χ3n) is 3.82. The molecule has 146 valence electrons. The normalized spacial score (nSPS) is 11.0. The summed E-state index contributed by atoms with van der Waals surface area (Å²) in [5.41, 5.74) is 0.850.